The number of likely N-dealkylation sites (N-methyl/N-ethyl adjacent to an activating group) is 1. The largest absolute Gasteiger partial charge is 0.493 e. The van der Waals surface area contributed by atoms with Gasteiger partial charge in [-0.05, 0) is 103 Å². The van der Waals surface area contributed by atoms with E-state index in [0.29, 0.717) is 183 Å². The number of imide groups is 1. The average Bonchev–Trinajstić information content (AvgIpc) is 1.64. The van der Waals surface area contributed by atoms with Crippen molar-refractivity contribution in [1.82, 2.24) is 35.6 Å². The van der Waals surface area contributed by atoms with Gasteiger partial charge >= 0.3 is 0 Å². The minimum atomic E-state index is -0.941. The molecule has 0 saturated carbocycles. The van der Waals surface area contributed by atoms with Crippen LogP contribution in [-0.4, -0.2) is 283 Å². The highest BCUT2D eigenvalue weighted by Gasteiger charge is 2.41. The molecule has 4 aromatic carbocycles. The van der Waals surface area contributed by atoms with Crippen LogP contribution >= 0.6 is 0 Å². The Labute approximate surface area is 707 Å². The first-order valence-corrected chi connectivity index (χ1v) is 41.8. The lowest BCUT2D eigenvalue weighted by Crippen LogP contribution is -2.53. The lowest BCUT2D eigenvalue weighted by Gasteiger charge is -2.34. The van der Waals surface area contributed by atoms with E-state index in [0.717, 1.165) is 66.9 Å². The van der Waals surface area contributed by atoms with Crippen molar-refractivity contribution in [3.63, 3.8) is 0 Å². The summed E-state index contributed by atoms with van der Waals surface area (Å²) in [4.78, 5) is 125. The van der Waals surface area contributed by atoms with Gasteiger partial charge in [-0.1, -0.05) is 80.6 Å². The highest BCUT2D eigenvalue weighted by molar-refractivity contribution is 6.08. The van der Waals surface area contributed by atoms with Crippen molar-refractivity contribution >= 4 is 93.6 Å². The molecule has 6 heterocycles. The summed E-state index contributed by atoms with van der Waals surface area (Å²) in [7, 11) is 5.25. The Hall–Kier alpha value is -10.7. The second-order valence-electron chi connectivity index (χ2n) is 30.2. The summed E-state index contributed by atoms with van der Waals surface area (Å²) < 4.78 is 68.3. The Bertz CT molecular complexity index is 4440. The molecule has 0 bridgehead atoms. The van der Waals surface area contributed by atoms with E-state index in [9.17, 15) is 38.4 Å². The third-order valence-corrected chi connectivity index (χ3v) is 21.3. The Balaban J connectivity index is 0.480. The molecule has 6 aliphatic heterocycles. The van der Waals surface area contributed by atoms with E-state index in [2.05, 4.69) is 62.4 Å². The maximum absolute atomic E-state index is 14.2. The van der Waals surface area contributed by atoms with Gasteiger partial charge in [-0.3, -0.25) is 53.2 Å². The van der Waals surface area contributed by atoms with Gasteiger partial charge < -0.3 is 97.7 Å². The zero-order valence-corrected chi connectivity index (χ0v) is 70.2. The van der Waals surface area contributed by atoms with Gasteiger partial charge in [0.15, 0.2) is 23.0 Å². The monoisotopic (exact) mass is 1670 g/mol. The molecule has 2 saturated heterocycles. The molecule has 1 aliphatic carbocycles. The number of allylic oxidation sites excluding steroid dienone is 7. The predicted octanol–water partition coefficient (Wildman–Crippen LogP) is 8.62. The van der Waals surface area contributed by atoms with Crippen LogP contribution in [0, 0.1) is 11.8 Å². The number of aliphatic imine (C=N–C) groups is 2. The summed E-state index contributed by atoms with van der Waals surface area (Å²) >= 11 is 0. The number of methoxy groups -OCH3 is 2. The Morgan fingerprint density at radius 1 is 0.504 bits per heavy atom. The zero-order valence-electron chi connectivity index (χ0n) is 70.2. The van der Waals surface area contributed by atoms with Crippen molar-refractivity contribution in [2.24, 2.45) is 21.8 Å². The molecule has 31 nitrogen and oxygen atoms in total. The Morgan fingerprint density at radius 3 is 1.50 bits per heavy atom. The number of hydrogen-bond donors (Lipinski definition) is 4. The summed E-state index contributed by atoms with van der Waals surface area (Å²) in [6.45, 7) is 15.9. The van der Waals surface area contributed by atoms with Crippen LogP contribution in [0.5, 0.6) is 23.0 Å². The minimum absolute atomic E-state index is 0.0126. The van der Waals surface area contributed by atoms with E-state index in [-0.39, 0.29) is 92.5 Å². The van der Waals surface area contributed by atoms with Crippen LogP contribution in [0.4, 0.5) is 22.7 Å². The summed E-state index contributed by atoms with van der Waals surface area (Å²) in [6, 6.07) is 20.4. The third-order valence-electron chi connectivity index (χ3n) is 21.3. The zero-order chi connectivity index (χ0) is 85.2. The van der Waals surface area contributed by atoms with E-state index < -0.39 is 29.8 Å². The molecule has 2 fully saturated rings. The molecule has 4 N–H and O–H groups in total. The fourth-order valence-electron chi connectivity index (χ4n) is 14.4. The number of fused-ring (bicyclic) bond motifs is 4. The fraction of sp³-hybridized carbons (Fsp3) is 0.489. The number of unbranched alkanes of at least 4 members (excludes halogenated alkanes) is 2. The fourth-order valence-corrected chi connectivity index (χ4v) is 14.4. The molecule has 0 radical (unpaired) electrons. The van der Waals surface area contributed by atoms with Crippen LogP contribution in [-0.2, 0) is 66.7 Å². The van der Waals surface area contributed by atoms with Gasteiger partial charge in [0.1, 0.15) is 12.1 Å². The van der Waals surface area contributed by atoms with E-state index >= 15 is 0 Å². The highest BCUT2D eigenvalue weighted by atomic mass is 16.6. The van der Waals surface area contributed by atoms with Gasteiger partial charge in [0.25, 0.3) is 11.8 Å². The molecule has 7 aliphatic rings. The van der Waals surface area contributed by atoms with Gasteiger partial charge in [0.05, 0.1) is 174 Å². The van der Waals surface area contributed by atoms with Crippen molar-refractivity contribution in [3.8, 4) is 23.0 Å². The number of rotatable bonds is 50. The molecule has 5 atom stereocenters. The predicted molar refractivity (Wildman–Crippen MR) is 457 cm³/mol. The number of hydrogen-bond acceptors (Lipinski definition) is 24. The minimum Gasteiger partial charge on any atom is -0.493 e. The summed E-state index contributed by atoms with van der Waals surface area (Å²) in [5.74, 6) is -1.55. The van der Waals surface area contributed by atoms with Crippen molar-refractivity contribution in [3.05, 3.63) is 156 Å². The highest BCUT2D eigenvalue weighted by Crippen LogP contribution is 2.43. The summed E-state index contributed by atoms with van der Waals surface area (Å²) in [5.41, 5.74) is 8.23. The van der Waals surface area contributed by atoms with Crippen LogP contribution in [0.2, 0.25) is 0 Å². The van der Waals surface area contributed by atoms with Crippen molar-refractivity contribution in [2.45, 2.75) is 96.3 Å². The first-order chi connectivity index (χ1) is 58.9. The average molecular weight is 1670 g/mol. The maximum atomic E-state index is 14.2. The van der Waals surface area contributed by atoms with Crippen molar-refractivity contribution in [1.29, 1.82) is 0 Å². The van der Waals surface area contributed by atoms with E-state index in [1.807, 2.05) is 73.3 Å². The molecule has 650 valence electrons. The molecule has 31 heteroatoms. The van der Waals surface area contributed by atoms with Gasteiger partial charge in [-0.15, -0.1) is 0 Å². The van der Waals surface area contributed by atoms with Crippen molar-refractivity contribution in [2.75, 3.05) is 190 Å². The smallest absolute Gasteiger partial charge is 0.260 e. The second-order valence-corrected chi connectivity index (χ2v) is 30.2. The molecular weight excluding hydrogens is 1560 g/mol. The number of ether oxygens (including phenoxy) is 12. The first-order valence-electron chi connectivity index (χ1n) is 41.8. The van der Waals surface area contributed by atoms with E-state index in [1.54, 1.807) is 80.3 Å². The van der Waals surface area contributed by atoms with Gasteiger partial charge in [-0.25, -0.2) is 0 Å². The second kappa shape index (κ2) is 47.5. The SMILES string of the molecule is COc1cc2c(cc1OCCCCCOc1cc3c(cc1OC)C(=O)N1C=C(c4ccc(N5CCN(C)CC5)cc4)C[C@H]1C=N3)N=C[C@@H]1CC(c3ccc(NC(=O)[C@H](C)NC(=O)[C@@H](NC(=O)CCOCCOCCOCCOCCOCCOCCOCCOCCNC(=O)CCN4C(=O)CC(C5=C/C=C\C=C/C=C\5)C4=O)C(C)C)cc3)=CN1C2=O. The molecule has 121 heavy (non-hydrogen) atoms. The number of nitrogens with one attached hydrogen (secondary N) is 4. The quantitative estimate of drug-likeness (QED) is 0.0237. The van der Waals surface area contributed by atoms with Gasteiger partial charge in [-0.2, -0.15) is 0 Å². The summed E-state index contributed by atoms with van der Waals surface area (Å²) in [5, 5.41) is 11.1. The topological polar surface area (TPSA) is 336 Å². The molecule has 4 aromatic rings. The summed E-state index contributed by atoms with van der Waals surface area (Å²) in [6.07, 6.45) is 23.8. The Morgan fingerprint density at radius 2 is 0.992 bits per heavy atom. The number of carbonyl (C=O) groups is 8. The number of likely N-dealkylation sites (tertiary alicyclic amines) is 1. The molecular formula is C90H115N11O20. The normalized spacial score (nSPS) is 19.1. The number of nitrogens with zero attached hydrogens (tertiary/aromatic N) is 7. The number of amides is 8. The molecule has 1 unspecified atom stereocenters. The Kier molecular flexibility index (Phi) is 35.7. The molecule has 0 spiro atoms. The van der Waals surface area contributed by atoms with E-state index in [4.69, 9.17) is 66.8 Å². The van der Waals surface area contributed by atoms with E-state index in [1.165, 1.54) is 17.7 Å². The maximum Gasteiger partial charge on any atom is 0.260 e. The number of anilines is 2. The van der Waals surface area contributed by atoms with Gasteiger partial charge in [0.2, 0.25) is 35.4 Å². The van der Waals surface area contributed by atoms with Crippen molar-refractivity contribution < 1.29 is 95.2 Å². The number of piperazine rings is 1. The molecule has 8 amide bonds. The lowest BCUT2D eigenvalue weighted by atomic mass is 9.95. The van der Waals surface area contributed by atoms with Gasteiger partial charge in [0, 0.05) is 120 Å². The van der Waals surface area contributed by atoms with Crippen LogP contribution < -0.4 is 45.1 Å². The third kappa shape index (κ3) is 26.9. The van der Waals surface area contributed by atoms with Crippen LogP contribution in [0.3, 0.4) is 0 Å². The molecule has 0 aromatic heterocycles. The van der Waals surface area contributed by atoms with Crippen LogP contribution in [0.25, 0.3) is 11.1 Å². The molecule has 11 rings (SSSR count). The lowest BCUT2D eigenvalue weighted by molar-refractivity contribution is -0.139. The standard InChI is InChI=1S/C90H115N11O20/c1-62(2)85(96-83(103)26-35-112-37-39-114-41-43-116-45-47-118-49-50-119-48-46-117-44-42-115-40-38-113-36-27-91-82(102)25-28-99-84(104)55-73(88(99)107)66-15-11-8-7-9-12-16-66)87(106)94-63(3)86(105)95-69-21-17-64(18-22-69)67-51-71-58-92-76-56-80(78(110-5)53-74(76)89(108)100(71)60-67)120-33-13-10-14-34-121-81-57-77-75(54-79(81)111-6)90(109)101-61-68(52-72(101)59-93-77)65-19-23-70(24-20-65)98-31-29-97(4)30-32-98/h7-9,11-12,15-24,53-54,56-63,71-73,85H,10,13-14,25-52,55H2,1-6H3,(H,91,102)(H,94,106)(H,95,105)(H,96,103)/b8-7-,9-7?,11-8?,12-9-,15-11-,16-12?,66-15?,66-16+/t63-,71-,72-,73?,85-/m0/s1. The number of carbonyl (C=O) groups excluding carboxylic acids is 8. The van der Waals surface area contributed by atoms with Crippen LogP contribution in [0.1, 0.15) is 104 Å². The first kappa shape index (κ1) is 91.0. The number of benzene rings is 4. The van der Waals surface area contributed by atoms with Crippen LogP contribution in [0.15, 0.2) is 143 Å².